The van der Waals surface area contributed by atoms with Gasteiger partial charge in [0.05, 0.1) is 42.3 Å². The van der Waals surface area contributed by atoms with Crippen LogP contribution in [0.5, 0.6) is 5.75 Å². The molecular weight excluding hydrogens is 548 g/mol. The number of thioether (sulfide) groups is 1. The van der Waals surface area contributed by atoms with E-state index in [2.05, 4.69) is 5.32 Å². The van der Waals surface area contributed by atoms with E-state index in [1.807, 2.05) is 90.5 Å². The maximum absolute atomic E-state index is 13.9. The molecule has 0 fully saturated rings. The lowest BCUT2D eigenvalue weighted by Crippen LogP contribution is -2.42. The summed E-state index contributed by atoms with van der Waals surface area (Å²) in [6.07, 6.45) is 1.56. The fourth-order valence-electron chi connectivity index (χ4n) is 5.22. The van der Waals surface area contributed by atoms with Gasteiger partial charge in [-0.05, 0) is 36.8 Å². The number of benzene rings is 3. The molecule has 5 aromatic rings. The molecule has 212 valence electrons. The zero-order chi connectivity index (χ0) is 29.1. The third-order valence-corrected chi connectivity index (χ3v) is 8.48. The maximum Gasteiger partial charge on any atom is 0.240 e. The highest BCUT2D eigenvalue weighted by molar-refractivity contribution is 8.00. The lowest BCUT2D eigenvalue weighted by Gasteiger charge is -2.24. The Bertz CT molecular complexity index is 1720. The number of amides is 2. The zero-order valence-corrected chi connectivity index (χ0v) is 24.1. The van der Waals surface area contributed by atoms with Gasteiger partial charge in [0.2, 0.25) is 11.8 Å². The van der Waals surface area contributed by atoms with Crippen molar-refractivity contribution in [2.75, 3.05) is 24.3 Å². The molecule has 42 heavy (non-hydrogen) atoms. The van der Waals surface area contributed by atoms with Gasteiger partial charge in [0.1, 0.15) is 23.9 Å². The van der Waals surface area contributed by atoms with Gasteiger partial charge in [-0.1, -0.05) is 66.7 Å². The predicted molar refractivity (Wildman–Crippen MR) is 164 cm³/mol. The van der Waals surface area contributed by atoms with Crippen LogP contribution in [-0.2, 0) is 16.1 Å². The van der Waals surface area contributed by atoms with Gasteiger partial charge < -0.3 is 14.5 Å². The number of aromatic nitrogens is 2. The Morgan fingerprint density at radius 2 is 1.79 bits per heavy atom. The molecule has 2 aromatic heterocycles. The van der Waals surface area contributed by atoms with E-state index in [9.17, 15) is 9.59 Å². The lowest BCUT2D eigenvalue weighted by molar-refractivity contribution is -0.123. The summed E-state index contributed by atoms with van der Waals surface area (Å²) in [4.78, 5) is 28.8. The Balaban J connectivity index is 1.56. The van der Waals surface area contributed by atoms with E-state index in [0.717, 1.165) is 39.4 Å². The summed E-state index contributed by atoms with van der Waals surface area (Å²) < 4.78 is 13.0. The van der Waals surface area contributed by atoms with E-state index in [1.165, 1.54) is 11.8 Å². The van der Waals surface area contributed by atoms with Gasteiger partial charge in [-0.2, -0.15) is 5.10 Å². The van der Waals surface area contributed by atoms with Crippen molar-refractivity contribution in [2.24, 2.45) is 0 Å². The number of hydrogen-bond donors (Lipinski definition) is 1. The number of methoxy groups -OCH3 is 1. The van der Waals surface area contributed by atoms with Crippen LogP contribution in [0.25, 0.3) is 16.9 Å². The van der Waals surface area contributed by atoms with Crippen molar-refractivity contribution >= 4 is 29.4 Å². The molecule has 0 unspecified atom stereocenters. The van der Waals surface area contributed by atoms with E-state index in [-0.39, 0.29) is 35.9 Å². The molecule has 0 saturated heterocycles. The summed E-state index contributed by atoms with van der Waals surface area (Å²) in [6.45, 7) is 2.07. The van der Waals surface area contributed by atoms with Gasteiger partial charge in [0.25, 0.3) is 0 Å². The van der Waals surface area contributed by atoms with Crippen LogP contribution >= 0.6 is 11.8 Å². The van der Waals surface area contributed by atoms with Crippen LogP contribution in [0.2, 0.25) is 0 Å². The van der Waals surface area contributed by atoms with Crippen LogP contribution in [0, 0.1) is 6.92 Å². The van der Waals surface area contributed by atoms with E-state index in [0.29, 0.717) is 11.6 Å². The number of hydrogen-bond acceptors (Lipinski definition) is 6. The SMILES string of the molecule is COc1ccccc1[C@@H]1SCC(=O)N(CC(=O)NCc2ccco2)c2c1c(-c1ccccc1)nn2-c1ccccc1C. The fraction of sp³-hybridized carbons (Fsp3) is 0.182. The molecule has 8 nitrogen and oxygen atoms in total. The minimum absolute atomic E-state index is 0.169. The highest BCUT2D eigenvalue weighted by atomic mass is 32.2. The van der Waals surface area contributed by atoms with Gasteiger partial charge in [0, 0.05) is 16.7 Å². The van der Waals surface area contributed by atoms with Crippen LogP contribution in [0.1, 0.15) is 27.7 Å². The number of nitrogens with zero attached hydrogens (tertiary/aromatic N) is 3. The maximum atomic E-state index is 13.9. The van der Waals surface area contributed by atoms with Gasteiger partial charge in [-0.3, -0.25) is 14.5 Å². The first-order valence-corrected chi connectivity index (χ1v) is 14.7. The average molecular weight is 579 g/mol. The third-order valence-electron chi connectivity index (χ3n) is 7.24. The van der Waals surface area contributed by atoms with Crippen LogP contribution in [0.3, 0.4) is 0 Å². The largest absolute Gasteiger partial charge is 0.496 e. The van der Waals surface area contributed by atoms with Gasteiger partial charge in [-0.25, -0.2) is 4.68 Å². The molecule has 6 rings (SSSR count). The second-order valence-corrected chi connectivity index (χ2v) is 11.0. The predicted octanol–water partition coefficient (Wildman–Crippen LogP) is 5.93. The van der Waals surface area contributed by atoms with Crippen molar-refractivity contribution in [3.05, 3.63) is 120 Å². The number of carbonyl (C=O) groups excluding carboxylic acids is 2. The molecule has 1 atom stereocenters. The molecule has 3 heterocycles. The van der Waals surface area contributed by atoms with E-state index in [4.69, 9.17) is 14.3 Å². The van der Waals surface area contributed by atoms with Crippen LogP contribution in [0.15, 0.2) is 102 Å². The Morgan fingerprint density at radius 3 is 2.55 bits per heavy atom. The summed E-state index contributed by atoms with van der Waals surface area (Å²) >= 11 is 1.51. The molecule has 2 amide bonds. The molecule has 1 aliphatic heterocycles. The van der Waals surface area contributed by atoms with Gasteiger partial charge >= 0.3 is 0 Å². The van der Waals surface area contributed by atoms with Gasteiger partial charge in [-0.15, -0.1) is 11.8 Å². The highest BCUT2D eigenvalue weighted by Crippen LogP contribution is 2.50. The number of furan rings is 1. The second kappa shape index (κ2) is 12.0. The average Bonchev–Trinajstić information content (AvgIpc) is 3.66. The zero-order valence-electron chi connectivity index (χ0n) is 23.3. The van der Waals surface area contributed by atoms with Crippen molar-refractivity contribution in [3.63, 3.8) is 0 Å². The van der Waals surface area contributed by atoms with Crippen molar-refractivity contribution in [3.8, 4) is 22.7 Å². The van der Waals surface area contributed by atoms with Crippen molar-refractivity contribution in [1.29, 1.82) is 0 Å². The molecular formula is C33H30N4O4S. The molecule has 9 heteroatoms. The van der Waals surface area contributed by atoms with Gasteiger partial charge in [0.15, 0.2) is 0 Å². The van der Waals surface area contributed by atoms with Crippen LogP contribution in [0.4, 0.5) is 5.82 Å². The van der Waals surface area contributed by atoms with Crippen LogP contribution < -0.4 is 15.0 Å². The molecule has 3 aromatic carbocycles. The molecule has 0 bridgehead atoms. The summed E-state index contributed by atoms with van der Waals surface area (Å²) in [5.74, 6) is 1.62. The normalized spacial score (nSPS) is 14.8. The minimum atomic E-state index is -0.301. The van der Waals surface area contributed by atoms with E-state index >= 15 is 0 Å². The fourth-order valence-corrected chi connectivity index (χ4v) is 6.45. The Labute approximate surface area is 248 Å². The lowest BCUT2D eigenvalue weighted by atomic mass is 9.99. The minimum Gasteiger partial charge on any atom is -0.496 e. The molecule has 1 N–H and O–H groups in total. The Hall–Kier alpha value is -4.76. The molecule has 1 aliphatic rings. The smallest absolute Gasteiger partial charge is 0.240 e. The first-order valence-electron chi connectivity index (χ1n) is 13.6. The number of ether oxygens (including phenoxy) is 1. The molecule has 0 spiro atoms. The monoisotopic (exact) mass is 578 g/mol. The summed E-state index contributed by atoms with van der Waals surface area (Å²) in [5.41, 5.74) is 5.26. The Morgan fingerprint density at radius 1 is 1.02 bits per heavy atom. The van der Waals surface area contributed by atoms with Crippen molar-refractivity contribution in [2.45, 2.75) is 18.7 Å². The summed E-state index contributed by atoms with van der Waals surface area (Å²) in [7, 11) is 1.65. The van der Waals surface area contributed by atoms with E-state index in [1.54, 1.807) is 30.4 Å². The summed E-state index contributed by atoms with van der Waals surface area (Å²) in [6, 6.07) is 29.3. The first-order chi connectivity index (χ1) is 20.5. The standard InChI is InChI=1S/C33H30N4O4S/c1-22-11-6-8-16-26(22)37-33-30(31(35-37)23-12-4-3-5-13-23)32(25-15-7-9-17-27(25)40-2)42-21-29(39)36(33)20-28(38)34-19-24-14-10-18-41-24/h3-18,32H,19-21H2,1-2H3,(H,34,38)/t32-/m0/s1. The van der Waals surface area contributed by atoms with Crippen molar-refractivity contribution < 1.29 is 18.7 Å². The quantitative estimate of drug-likeness (QED) is 0.245. The van der Waals surface area contributed by atoms with Crippen molar-refractivity contribution in [1.82, 2.24) is 15.1 Å². The number of anilines is 1. The number of fused-ring (bicyclic) bond motifs is 1. The first kappa shape index (κ1) is 27.4. The number of para-hydroxylation sites is 2. The molecule has 0 saturated carbocycles. The topological polar surface area (TPSA) is 89.6 Å². The number of rotatable bonds is 8. The summed E-state index contributed by atoms with van der Waals surface area (Å²) in [5, 5.41) is 7.77. The van der Waals surface area contributed by atoms with Crippen LogP contribution in [-0.4, -0.2) is 41.0 Å². The number of nitrogens with one attached hydrogen (secondary N) is 1. The number of aryl methyl sites for hydroxylation is 1. The highest BCUT2D eigenvalue weighted by Gasteiger charge is 2.38. The van der Waals surface area contributed by atoms with E-state index < -0.39 is 0 Å². The third kappa shape index (κ3) is 5.31. The number of carbonyl (C=O) groups is 2. The molecule has 0 radical (unpaired) electrons. The Kier molecular flexibility index (Phi) is 7.83. The second-order valence-electron chi connectivity index (χ2n) is 9.92. The molecule has 0 aliphatic carbocycles.